The Morgan fingerprint density at radius 3 is 2.63 bits per heavy atom. The fourth-order valence-electron chi connectivity index (χ4n) is 2.76. The van der Waals surface area contributed by atoms with Gasteiger partial charge in [0.05, 0.1) is 0 Å². The average molecular weight is 262 g/mol. The number of benzene rings is 1. The quantitative estimate of drug-likeness (QED) is 0.797. The Morgan fingerprint density at radius 2 is 2.00 bits per heavy atom. The normalized spacial score (nSPS) is 19.8. The van der Waals surface area contributed by atoms with Gasteiger partial charge in [-0.25, -0.2) is 0 Å². The maximum Gasteiger partial charge on any atom is 0.119 e. The third-order valence-corrected chi connectivity index (χ3v) is 3.79. The third kappa shape index (κ3) is 4.51. The number of nitrogens with zero attached hydrogens (tertiary/aromatic N) is 1. The number of ether oxygens (including phenoxy) is 1. The summed E-state index contributed by atoms with van der Waals surface area (Å²) in [6, 6.07) is 7.07. The Hall–Kier alpha value is -1.06. The first-order valence-electron chi connectivity index (χ1n) is 7.27. The minimum atomic E-state index is 0.709. The third-order valence-electron chi connectivity index (χ3n) is 3.79. The smallest absolute Gasteiger partial charge is 0.119 e. The van der Waals surface area contributed by atoms with Crippen molar-refractivity contribution in [3.8, 4) is 5.75 Å². The van der Waals surface area contributed by atoms with E-state index in [1.807, 2.05) is 0 Å². The Labute approximate surface area is 116 Å². The number of rotatable bonds is 6. The lowest BCUT2D eigenvalue weighted by molar-refractivity contribution is 0.279. The van der Waals surface area contributed by atoms with Gasteiger partial charge in [0.2, 0.25) is 0 Å². The van der Waals surface area contributed by atoms with Crippen molar-refractivity contribution >= 4 is 0 Å². The first kappa shape index (κ1) is 14.4. The van der Waals surface area contributed by atoms with Crippen LogP contribution in [-0.4, -0.2) is 44.2 Å². The van der Waals surface area contributed by atoms with Gasteiger partial charge in [-0.05, 0) is 63.5 Å². The highest BCUT2D eigenvalue weighted by Gasteiger charge is 2.19. The molecule has 1 unspecified atom stereocenters. The second kappa shape index (κ2) is 6.92. The maximum atomic E-state index is 5.78. The van der Waals surface area contributed by atoms with E-state index in [0.29, 0.717) is 6.04 Å². The summed E-state index contributed by atoms with van der Waals surface area (Å²) in [5.41, 5.74) is 2.52. The summed E-state index contributed by atoms with van der Waals surface area (Å²) in [5.74, 6) is 0.984. The van der Waals surface area contributed by atoms with E-state index in [1.54, 1.807) is 0 Å². The van der Waals surface area contributed by atoms with Crippen molar-refractivity contribution in [1.82, 2.24) is 10.2 Å². The molecular weight excluding hydrogens is 236 g/mol. The predicted molar refractivity (Wildman–Crippen MR) is 79.9 cm³/mol. The van der Waals surface area contributed by atoms with Crippen LogP contribution < -0.4 is 10.1 Å². The summed E-state index contributed by atoms with van der Waals surface area (Å²) in [7, 11) is 2.21. The van der Waals surface area contributed by atoms with Crippen molar-refractivity contribution in [3.05, 3.63) is 29.3 Å². The molecule has 1 N–H and O–H groups in total. The zero-order valence-corrected chi connectivity index (χ0v) is 12.4. The van der Waals surface area contributed by atoms with Gasteiger partial charge >= 0.3 is 0 Å². The summed E-state index contributed by atoms with van der Waals surface area (Å²) in [4.78, 5) is 2.44. The fraction of sp³-hybridized carbons (Fsp3) is 0.625. The van der Waals surface area contributed by atoms with E-state index in [-0.39, 0.29) is 0 Å². The fourth-order valence-corrected chi connectivity index (χ4v) is 2.76. The van der Waals surface area contributed by atoms with Crippen LogP contribution in [0.4, 0.5) is 0 Å². The van der Waals surface area contributed by atoms with Gasteiger partial charge in [0, 0.05) is 19.1 Å². The van der Waals surface area contributed by atoms with Gasteiger partial charge in [-0.1, -0.05) is 6.07 Å². The molecule has 1 atom stereocenters. The van der Waals surface area contributed by atoms with Crippen LogP contribution in [0.2, 0.25) is 0 Å². The van der Waals surface area contributed by atoms with Gasteiger partial charge < -0.3 is 15.0 Å². The monoisotopic (exact) mass is 262 g/mol. The van der Waals surface area contributed by atoms with Crippen LogP contribution in [-0.2, 0) is 0 Å². The number of nitrogens with one attached hydrogen (secondary N) is 1. The summed E-state index contributed by atoms with van der Waals surface area (Å²) in [6.07, 6.45) is 2.66. The van der Waals surface area contributed by atoms with Gasteiger partial charge in [0.1, 0.15) is 12.4 Å². The first-order valence-corrected chi connectivity index (χ1v) is 7.27. The van der Waals surface area contributed by atoms with E-state index in [2.05, 4.69) is 49.3 Å². The Morgan fingerprint density at radius 1 is 1.26 bits per heavy atom. The molecule has 3 heteroatoms. The van der Waals surface area contributed by atoms with E-state index in [0.717, 1.165) is 25.4 Å². The standard InChI is InChI=1S/C16H26N2O/c1-13-9-14(2)11-16(10-13)19-8-6-17-12-15-5-4-7-18(15)3/h9-11,15,17H,4-8,12H2,1-3H3. The van der Waals surface area contributed by atoms with Crippen LogP contribution in [0.25, 0.3) is 0 Å². The number of hydrogen-bond acceptors (Lipinski definition) is 3. The SMILES string of the molecule is Cc1cc(C)cc(OCCNCC2CCCN2C)c1. The van der Waals surface area contributed by atoms with E-state index in [1.165, 1.54) is 30.5 Å². The van der Waals surface area contributed by atoms with Crippen LogP contribution in [0.3, 0.4) is 0 Å². The molecule has 1 aliphatic rings. The minimum Gasteiger partial charge on any atom is -0.492 e. The largest absolute Gasteiger partial charge is 0.492 e. The zero-order chi connectivity index (χ0) is 13.7. The van der Waals surface area contributed by atoms with Crippen molar-refractivity contribution < 1.29 is 4.74 Å². The van der Waals surface area contributed by atoms with Gasteiger partial charge in [-0.2, -0.15) is 0 Å². The van der Waals surface area contributed by atoms with Gasteiger partial charge in [0.15, 0.2) is 0 Å². The first-order chi connectivity index (χ1) is 9.15. The molecule has 1 fully saturated rings. The molecule has 0 radical (unpaired) electrons. The molecule has 1 saturated heterocycles. The zero-order valence-electron chi connectivity index (χ0n) is 12.4. The second-order valence-corrected chi connectivity index (χ2v) is 5.65. The van der Waals surface area contributed by atoms with Crippen molar-refractivity contribution in [3.63, 3.8) is 0 Å². The Bertz CT molecular complexity index is 385. The Kier molecular flexibility index (Phi) is 5.23. The van der Waals surface area contributed by atoms with Gasteiger partial charge in [-0.15, -0.1) is 0 Å². The molecule has 0 bridgehead atoms. The lowest BCUT2D eigenvalue weighted by atomic mass is 10.1. The average Bonchev–Trinajstić information content (AvgIpc) is 2.73. The van der Waals surface area contributed by atoms with E-state index >= 15 is 0 Å². The predicted octanol–water partition coefficient (Wildman–Crippen LogP) is 2.37. The van der Waals surface area contributed by atoms with Crippen molar-refractivity contribution in [1.29, 1.82) is 0 Å². The van der Waals surface area contributed by atoms with Gasteiger partial charge in [-0.3, -0.25) is 0 Å². The molecule has 3 nitrogen and oxygen atoms in total. The number of aryl methyl sites for hydroxylation is 2. The maximum absolute atomic E-state index is 5.78. The molecule has 0 aromatic heterocycles. The molecule has 1 aromatic carbocycles. The van der Waals surface area contributed by atoms with Crippen LogP contribution in [0.5, 0.6) is 5.75 Å². The number of likely N-dealkylation sites (tertiary alicyclic amines) is 1. The molecule has 0 saturated carbocycles. The molecule has 2 rings (SSSR count). The highest BCUT2D eigenvalue weighted by Crippen LogP contribution is 2.16. The van der Waals surface area contributed by atoms with Crippen molar-refractivity contribution in [2.75, 3.05) is 33.3 Å². The lowest BCUT2D eigenvalue weighted by Gasteiger charge is -2.19. The molecule has 1 heterocycles. The summed E-state index contributed by atoms with van der Waals surface area (Å²) in [5, 5.41) is 3.49. The Balaban J connectivity index is 1.63. The summed E-state index contributed by atoms with van der Waals surface area (Å²) < 4.78 is 5.78. The molecule has 0 spiro atoms. The molecule has 1 aliphatic heterocycles. The lowest BCUT2D eigenvalue weighted by Crippen LogP contribution is -2.36. The van der Waals surface area contributed by atoms with Crippen LogP contribution in [0, 0.1) is 13.8 Å². The summed E-state index contributed by atoms with van der Waals surface area (Å²) >= 11 is 0. The van der Waals surface area contributed by atoms with Crippen LogP contribution >= 0.6 is 0 Å². The molecule has 106 valence electrons. The highest BCUT2D eigenvalue weighted by molar-refractivity contribution is 5.32. The van der Waals surface area contributed by atoms with E-state index in [4.69, 9.17) is 4.74 Å². The summed E-state index contributed by atoms with van der Waals surface area (Å²) in [6.45, 7) is 8.18. The molecule has 19 heavy (non-hydrogen) atoms. The molecule has 0 aliphatic carbocycles. The molecular formula is C16H26N2O. The topological polar surface area (TPSA) is 24.5 Å². The van der Waals surface area contributed by atoms with Gasteiger partial charge in [0.25, 0.3) is 0 Å². The number of hydrogen-bond donors (Lipinski definition) is 1. The van der Waals surface area contributed by atoms with E-state index < -0.39 is 0 Å². The second-order valence-electron chi connectivity index (χ2n) is 5.65. The van der Waals surface area contributed by atoms with E-state index in [9.17, 15) is 0 Å². The highest BCUT2D eigenvalue weighted by atomic mass is 16.5. The van der Waals surface area contributed by atoms with Crippen LogP contribution in [0.15, 0.2) is 18.2 Å². The van der Waals surface area contributed by atoms with Crippen molar-refractivity contribution in [2.45, 2.75) is 32.7 Å². The molecule has 0 amide bonds. The van der Waals surface area contributed by atoms with Crippen LogP contribution in [0.1, 0.15) is 24.0 Å². The van der Waals surface area contributed by atoms with Crippen molar-refractivity contribution in [2.24, 2.45) is 0 Å². The number of likely N-dealkylation sites (N-methyl/N-ethyl adjacent to an activating group) is 1. The molecule has 1 aromatic rings. The minimum absolute atomic E-state index is 0.709.